The number of halogens is 4. The van der Waals surface area contributed by atoms with Gasteiger partial charge in [0.15, 0.2) is 0 Å². The molecule has 0 aliphatic heterocycles. The minimum atomic E-state index is -4.60. The molecule has 0 amide bonds. The molecule has 0 unspecified atom stereocenters. The average molecular weight is 354 g/mol. The topological polar surface area (TPSA) is 57.8 Å². The zero-order chi connectivity index (χ0) is 17.5. The molecule has 24 heavy (non-hydrogen) atoms. The van der Waals surface area contributed by atoms with Crippen LogP contribution in [0.1, 0.15) is 5.56 Å². The fourth-order valence-corrected chi connectivity index (χ4v) is 2.89. The molecule has 2 aromatic carbocycles. The van der Waals surface area contributed by atoms with Gasteiger partial charge in [0, 0.05) is 29.9 Å². The Labute approximate surface area is 139 Å². The van der Waals surface area contributed by atoms with Crippen LogP contribution in [0.3, 0.4) is 0 Å². The fraction of sp³-hybridized carbons (Fsp3) is 0.125. The Morgan fingerprint density at radius 2 is 1.96 bits per heavy atom. The van der Waals surface area contributed by atoms with Gasteiger partial charge in [-0.1, -0.05) is 29.8 Å². The lowest BCUT2D eigenvalue weighted by Gasteiger charge is -2.17. The molecule has 2 N–H and O–H groups in total. The number of alkyl halides is 3. The van der Waals surface area contributed by atoms with E-state index in [1.165, 1.54) is 25.4 Å². The summed E-state index contributed by atoms with van der Waals surface area (Å²) in [5.74, 6) is 0. The second-order valence-corrected chi connectivity index (χ2v) is 5.47. The number of aromatic amines is 1. The van der Waals surface area contributed by atoms with Gasteiger partial charge in [-0.25, -0.2) is 9.78 Å². The SMILES string of the molecule is CNc1ccc(-c2ccc3cnc(=O)[nH]c3c2)c(Cl)c1C(F)(F)F. The Balaban J connectivity index is 2.25. The summed E-state index contributed by atoms with van der Waals surface area (Å²) in [5.41, 5.74) is -0.408. The van der Waals surface area contributed by atoms with Crippen LogP contribution in [0.15, 0.2) is 41.3 Å². The predicted molar refractivity (Wildman–Crippen MR) is 87.4 cm³/mol. The minimum Gasteiger partial charge on any atom is -0.388 e. The highest BCUT2D eigenvalue weighted by Gasteiger charge is 2.37. The van der Waals surface area contributed by atoms with Crippen molar-refractivity contribution in [2.75, 3.05) is 12.4 Å². The van der Waals surface area contributed by atoms with E-state index >= 15 is 0 Å². The summed E-state index contributed by atoms with van der Waals surface area (Å²) in [6, 6.07) is 7.68. The number of benzene rings is 2. The van der Waals surface area contributed by atoms with Gasteiger partial charge in [0.1, 0.15) is 0 Å². The maximum Gasteiger partial charge on any atom is 0.419 e. The third kappa shape index (κ3) is 2.82. The molecule has 124 valence electrons. The van der Waals surface area contributed by atoms with Crippen LogP contribution in [-0.2, 0) is 6.18 Å². The largest absolute Gasteiger partial charge is 0.419 e. The second-order valence-electron chi connectivity index (χ2n) is 5.09. The highest BCUT2D eigenvalue weighted by Crippen LogP contribution is 2.44. The molecule has 0 atom stereocenters. The normalized spacial score (nSPS) is 11.7. The third-order valence-corrected chi connectivity index (χ3v) is 4.01. The van der Waals surface area contributed by atoms with E-state index in [4.69, 9.17) is 11.6 Å². The molecule has 0 spiro atoms. The van der Waals surface area contributed by atoms with E-state index in [1.807, 2.05) is 0 Å². The van der Waals surface area contributed by atoms with E-state index in [1.54, 1.807) is 18.2 Å². The van der Waals surface area contributed by atoms with Crippen LogP contribution in [0.5, 0.6) is 0 Å². The summed E-state index contributed by atoms with van der Waals surface area (Å²) in [6.45, 7) is 0. The first-order chi connectivity index (χ1) is 11.3. The fourth-order valence-electron chi connectivity index (χ4n) is 2.50. The zero-order valence-electron chi connectivity index (χ0n) is 12.3. The van der Waals surface area contributed by atoms with Gasteiger partial charge in [-0.3, -0.25) is 0 Å². The lowest BCUT2D eigenvalue weighted by Crippen LogP contribution is -2.10. The van der Waals surface area contributed by atoms with Gasteiger partial charge in [-0.2, -0.15) is 13.2 Å². The molecule has 0 aliphatic rings. The van der Waals surface area contributed by atoms with Crippen molar-refractivity contribution in [1.29, 1.82) is 0 Å². The number of hydrogen-bond donors (Lipinski definition) is 2. The van der Waals surface area contributed by atoms with Crippen molar-refractivity contribution in [2.24, 2.45) is 0 Å². The Morgan fingerprint density at radius 3 is 2.62 bits per heavy atom. The Hall–Kier alpha value is -2.54. The van der Waals surface area contributed by atoms with Crippen LogP contribution in [0.25, 0.3) is 22.0 Å². The Morgan fingerprint density at radius 1 is 1.21 bits per heavy atom. The van der Waals surface area contributed by atoms with E-state index in [9.17, 15) is 18.0 Å². The number of H-pyrrole nitrogens is 1. The van der Waals surface area contributed by atoms with Crippen molar-refractivity contribution >= 4 is 28.2 Å². The van der Waals surface area contributed by atoms with Crippen molar-refractivity contribution in [2.45, 2.75) is 6.18 Å². The number of hydrogen-bond acceptors (Lipinski definition) is 3. The number of nitrogens with zero attached hydrogens (tertiary/aromatic N) is 1. The van der Waals surface area contributed by atoms with Gasteiger partial charge in [0.25, 0.3) is 0 Å². The summed E-state index contributed by atoms with van der Waals surface area (Å²) in [4.78, 5) is 17.5. The molecule has 0 saturated heterocycles. The van der Waals surface area contributed by atoms with Crippen molar-refractivity contribution in [3.8, 4) is 11.1 Å². The quantitative estimate of drug-likeness (QED) is 0.722. The first kappa shape index (κ1) is 16.3. The maximum absolute atomic E-state index is 13.3. The molecule has 4 nitrogen and oxygen atoms in total. The summed E-state index contributed by atoms with van der Waals surface area (Å²) < 4.78 is 40.0. The summed E-state index contributed by atoms with van der Waals surface area (Å²) in [5, 5.41) is 2.76. The molecular formula is C16H11ClF3N3O. The maximum atomic E-state index is 13.3. The minimum absolute atomic E-state index is 0.102. The molecule has 0 fully saturated rings. The first-order valence-corrected chi connectivity index (χ1v) is 7.26. The van der Waals surface area contributed by atoms with Gasteiger partial charge >= 0.3 is 11.9 Å². The van der Waals surface area contributed by atoms with Gasteiger partial charge < -0.3 is 10.3 Å². The number of rotatable bonds is 2. The Kier molecular flexibility index (Phi) is 3.96. The molecule has 0 aliphatic carbocycles. The molecule has 3 rings (SSSR count). The number of nitrogens with one attached hydrogen (secondary N) is 2. The standard InChI is InChI=1S/C16H11ClF3N3O/c1-21-11-5-4-10(14(17)13(11)16(18,19)20)8-2-3-9-7-22-15(24)23-12(9)6-8/h2-7,21H,1H3,(H,22,23,24). The number of anilines is 1. The van der Waals surface area contributed by atoms with Crippen molar-refractivity contribution < 1.29 is 13.2 Å². The highest BCUT2D eigenvalue weighted by molar-refractivity contribution is 6.34. The first-order valence-electron chi connectivity index (χ1n) is 6.88. The number of aromatic nitrogens is 2. The smallest absolute Gasteiger partial charge is 0.388 e. The summed E-state index contributed by atoms with van der Waals surface area (Å²) in [6.07, 6.45) is -3.20. The third-order valence-electron chi connectivity index (χ3n) is 3.62. The van der Waals surface area contributed by atoms with Gasteiger partial charge in [-0.15, -0.1) is 0 Å². The van der Waals surface area contributed by atoms with Crippen molar-refractivity contribution in [1.82, 2.24) is 9.97 Å². The van der Waals surface area contributed by atoms with E-state index in [0.717, 1.165) is 0 Å². The second kappa shape index (κ2) is 5.83. The summed E-state index contributed by atoms with van der Waals surface area (Å²) >= 11 is 6.05. The van der Waals surface area contributed by atoms with Crippen LogP contribution in [0.2, 0.25) is 5.02 Å². The van der Waals surface area contributed by atoms with Crippen LogP contribution in [0, 0.1) is 0 Å². The average Bonchev–Trinajstić information content (AvgIpc) is 2.52. The van der Waals surface area contributed by atoms with E-state index in [0.29, 0.717) is 16.5 Å². The Bertz CT molecular complexity index is 982. The van der Waals surface area contributed by atoms with Crippen molar-refractivity contribution in [3.63, 3.8) is 0 Å². The predicted octanol–water partition coefficient (Wildman–Crippen LogP) is 4.30. The molecule has 0 bridgehead atoms. The molecule has 3 aromatic rings. The highest BCUT2D eigenvalue weighted by atomic mass is 35.5. The van der Waals surface area contributed by atoms with Crippen LogP contribution in [-0.4, -0.2) is 17.0 Å². The van der Waals surface area contributed by atoms with E-state index in [2.05, 4.69) is 15.3 Å². The van der Waals surface area contributed by atoms with Crippen LogP contribution >= 0.6 is 11.6 Å². The molecule has 8 heteroatoms. The molecular weight excluding hydrogens is 343 g/mol. The van der Waals surface area contributed by atoms with Crippen LogP contribution in [0.4, 0.5) is 18.9 Å². The van der Waals surface area contributed by atoms with Gasteiger partial charge in [0.2, 0.25) is 0 Å². The molecule has 1 aromatic heterocycles. The molecule has 0 saturated carbocycles. The zero-order valence-corrected chi connectivity index (χ0v) is 13.1. The van der Waals surface area contributed by atoms with Gasteiger partial charge in [-0.05, 0) is 17.7 Å². The lowest BCUT2D eigenvalue weighted by molar-refractivity contribution is -0.136. The van der Waals surface area contributed by atoms with E-state index in [-0.39, 0.29) is 11.3 Å². The van der Waals surface area contributed by atoms with Crippen molar-refractivity contribution in [3.05, 3.63) is 57.6 Å². The van der Waals surface area contributed by atoms with Crippen LogP contribution < -0.4 is 11.0 Å². The number of fused-ring (bicyclic) bond motifs is 1. The monoisotopic (exact) mass is 353 g/mol. The summed E-state index contributed by atoms with van der Waals surface area (Å²) in [7, 11) is 1.40. The lowest BCUT2D eigenvalue weighted by atomic mass is 10.00. The van der Waals surface area contributed by atoms with Gasteiger partial charge in [0.05, 0.1) is 16.1 Å². The molecule has 0 radical (unpaired) electrons. The van der Waals surface area contributed by atoms with E-state index < -0.39 is 22.5 Å². The molecule has 1 heterocycles.